The molecule has 0 unspecified atom stereocenters. The van der Waals surface area contributed by atoms with Crippen LogP contribution in [-0.2, 0) is 20.8 Å². The summed E-state index contributed by atoms with van der Waals surface area (Å²) in [6, 6.07) is 0. The van der Waals surface area contributed by atoms with Crippen molar-refractivity contribution in [1.82, 2.24) is 10.1 Å². The number of carbonyl (C=O) groups excluding carboxylic acids is 1. The van der Waals surface area contributed by atoms with Gasteiger partial charge in [0.05, 0.1) is 12.8 Å². The molecule has 0 fully saturated rings. The lowest BCUT2D eigenvalue weighted by atomic mass is 10.3. The van der Waals surface area contributed by atoms with Crippen LogP contribution in [0.5, 0.6) is 0 Å². The maximum Gasteiger partial charge on any atom is 0.336 e. The van der Waals surface area contributed by atoms with Gasteiger partial charge in [0.15, 0.2) is 5.82 Å². The number of terminal acetylenes is 3. The van der Waals surface area contributed by atoms with Crippen LogP contribution in [0.2, 0.25) is 0 Å². The van der Waals surface area contributed by atoms with E-state index < -0.39 is 11.9 Å². The number of aliphatic carboxylic acids is 1. The lowest BCUT2D eigenvalue weighted by molar-refractivity contribution is -0.143. The van der Waals surface area contributed by atoms with E-state index in [0.29, 0.717) is 37.4 Å². The van der Waals surface area contributed by atoms with E-state index in [4.69, 9.17) is 45.6 Å². The largest absolute Gasteiger partial charge is 0.481 e. The van der Waals surface area contributed by atoms with Crippen molar-refractivity contribution < 1.29 is 29.3 Å². The van der Waals surface area contributed by atoms with E-state index in [1.807, 2.05) is 0 Å². The van der Waals surface area contributed by atoms with E-state index in [-0.39, 0.29) is 24.5 Å². The summed E-state index contributed by atoms with van der Waals surface area (Å²) in [5.41, 5.74) is 9.89. The summed E-state index contributed by atoms with van der Waals surface area (Å²) >= 11 is 0. The summed E-state index contributed by atoms with van der Waals surface area (Å²) in [6.45, 7) is 4.80. The highest BCUT2D eigenvalue weighted by molar-refractivity contribution is 5.78. The Morgan fingerprint density at radius 1 is 1.06 bits per heavy atom. The molecule has 180 valence electrons. The van der Waals surface area contributed by atoms with Crippen LogP contribution in [0.1, 0.15) is 57.7 Å². The number of carboxylic acids is 1. The molecule has 6 N–H and O–H groups in total. The Kier molecular flexibility index (Phi) is 23.9. The molecule has 0 amide bonds. The molecule has 12 nitrogen and oxygen atoms in total. The van der Waals surface area contributed by atoms with Crippen molar-refractivity contribution in [3.8, 4) is 37.0 Å². The van der Waals surface area contributed by atoms with Crippen LogP contribution in [0.4, 0.5) is 0 Å². The van der Waals surface area contributed by atoms with Crippen molar-refractivity contribution in [3.05, 3.63) is 11.7 Å². The Morgan fingerprint density at radius 3 is 1.91 bits per heavy atom. The molecule has 0 aromatic carbocycles. The lowest BCUT2D eigenvalue weighted by Gasteiger charge is -1.93. The van der Waals surface area contributed by atoms with Gasteiger partial charge in [-0.2, -0.15) is 4.98 Å². The maximum absolute atomic E-state index is 10.6. The molecule has 0 aliphatic rings. The predicted molar refractivity (Wildman–Crippen MR) is 122 cm³/mol. The summed E-state index contributed by atoms with van der Waals surface area (Å²) < 4.78 is 4.81. The smallest absolute Gasteiger partial charge is 0.336 e. The van der Waals surface area contributed by atoms with Crippen LogP contribution in [-0.4, -0.2) is 44.1 Å². The average Bonchev–Trinajstić information content (AvgIpc) is 3.19. The number of hydrogen-bond donors (Lipinski definition) is 4. The van der Waals surface area contributed by atoms with Crippen molar-refractivity contribution in [2.75, 3.05) is 0 Å². The second-order valence-electron chi connectivity index (χ2n) is 5.68. The molecule has 0 radical (unpaired) electrons. The summed E-state index contributed by atoms with van der Waals surface area (Å²) in [5.74, 6) is 7.39. The number of hydrogen-bond acceptors (Lipinski definition) is 9. The number of oxime groups is 2. The summed E-state index contributed by atoms with van der Waals surface area (Å²) in [6.07, 6.45) is 17.0. The van der Waals surface area contributed by atoms with Gasteiger partial charge < -0.3 is 31.1 Å². The number of aryl methyl sites for hydroxylation is 2. The number of amidine groups is 2. The number of carboxylic acid groups (broad SMARTS) is 1. The number of rotatable bonds is 7. The van der Waals surface area contributed by atoms with E-state index in [2.05, 4.69) is 43.1 Å². The Morgan fingerprint density at radius 2 is 1.58 bits per heavy atom. The van der Waals surface area contributed by atoms with Crippen molar-refractivity contribution in [2.24, 2.45) is 21.8 Å². The number of aromatic nitrogens is 2. The van der Waals surface area contributed by atoms with E-state index in [1.165, 1.54) is 13.8 Å². The molecular formula is C21H30N6O6. The first kappa shape index (κ1) is 33.1. The van der Waals surface area contributed by atoms with Gasteiger partial charge in [-0.25, -0.2) is 4.79 Å². The zero-order chi connectivity index (χ0) is 26.1. The molecule has 1 aromatic heterocycles. The predicted octanol–water partition coefficient (Wildman–Crippen LogP) is 1.42. The Hall–Kier alpha value is -4.50. The van der Waals surface area contributed by atoms with Gasteiger partial charge in [0.25, 0.3) is 0 Å². The molecule has 33 heavy (non-hydrogen) atoms. The first-order chi connectivity index (χ1) is 15.5. The molecule has 0 aliphatic carbocycles. The zero-order valence-corrected chi connectivity index (χ0v) is 18.9. The standard InChI is InChI=1S/C7H10N2O2.C7H8N2O.C5H6O2.C2H6N2O/c1-3-4-5-7(10)11-9-6(2)8;1-3-4-5-7-8-6(2)9-10-7;1-2-3-4-5(6)7;1-2(3)4-5/h1H,4-5H2,2H3,(H2,8,9);1H,4-5H2,2H3;1H,3-4H2,(H,6,7);5H,1H3,(H2,3,4). The highest BCUT2D eigenvalue weighted by atomic mass is 16.7. The minimum absolute atomic E-state index is 0.0799. The molecule has 1 aromatic rings. The van der Waals surface area contributed by atoms with Gasteiger partial charge in [-0.1, -0.05) is 15.5 Å². The molecular weight excluding hydrogens is 432 g/mol. The van der Waals surface area contributed by atoms with Crippen LogP contribution in [0, 0.1) is 44.0 Å². The van der Waals surface area contributed by atoms with Gasteiger partial charge >= 0.3 is 11.9 Å². The van der Waals surface area contributed by atoms with Gasteiger partial charge in [0.2, 0.25) is 5.89 Å². The van der Waals surface area contributed by atoms with Crippen molar-refractivity contribution in [2.45, 2.75) is 59.3 Å². The highest BCUT2D eigenvalue weighted by Gasteiger charge is 2.00. The Balaban J connectivity index is -0.000000379. The quantitative estimate of drug-likeness (QED) is 0.115. The monoisotopic (exact) mass is 462 g/mol. The number of nitrogens with two attached hydrogens (primary N) is 2. The van der Waals surface area contributed by atoms with E-state index in [0.717, 1.165) is 0 Å². The Bertz CT molecular complexity index is 863. The highest BCUT2D eigenvalue weighted by Crippen LogP contribution is 1.98. The third-order valence-electron chi connectivity index (χ3n) is 2.46. The van der Waals surface area contributed by atoms with Gasteiger partial charge in [-0.3, -0.25) is 4.79 Å². The normalized spacial score (nSPS) is 9.58. The van der Waals surface area contributed by atoms with Crippen LogP contribution in [0.15, 0.2) is 14.8 Å². The van der Waals surface area contributed by atoms with Gasteiger partial charge in [0, 0.05) is 25.7 Å². The molecule has 0 aliphatic heterocycles. The van der Waals surface area contributed by atoms with Crippen molar-refractivity contribution in [1.29, 1.82) is 0 Å². The second-order valence-corrected chi connectivity index (χ2v) is 5.68. The fourth-order valence-electron chi connectivity index (χ4n) is 1.14. The van der Waals surface area contributed by atoms with E-state index >= 15 is 0 Å². The van der Waals surface area contributed by atoms with Crippen LogP contribution < -0.4 is 11.5 Å². The Labute approximate surface area is 193 Å². The zero-order valence-electron chi connectivity index (χ0n) is 18.9. The minimum atomic E-state index is -0.835. The second kappa shape index (κ2) is 23.8. The summed E-state index contributed by atoms with van der Waals surface area (Å²) in [5, 5.41) is 25.0. The topological polar surface area (TPSA) is 200 Å². The number of nitrogens with zero attached hydrogens (tertiary/aromatic N) is 4. The average molecular weight is 463 g/mol. The summed E-state index contributed by atoms with van der Waals surface area (Å²) in [4.78, 5) is 28.6. The fraction of sp³-hybridized carbons (Fsp3) is 0.429. The first-order valence-corrected chi connectivity index (χ1v) is 9.29. The third-order valence-corrected chi connectivity index (χ3v) is 2.46. The number of carbonyl (C=O) groups is 2. The summed E-state index contributed by atoms with van der Waals surface area (Å²) in [7, 11) is 0. The lowest BCUT2D eigenvalue weighted by Crippen LogP contribution is -2.08. The maximum atomic E-state index is 10.6. The van der Waals surface area contributed by atoms with E-state index in [1.54, 1.807) is 6.92 Å². The van der Waals surface area contributed by atoms with Crippen LogP contribution >= 0.6 is 0 Å². The third kappa shape index (κ3) is 32.4. The molecule has 12 heteroatoms. The van der Waals surface area contributed by atoms with Crippen LogP contribution in [0.3, 0.4) is 0 Å². The SMILES string of the molecule is C#CCCC(=O)O.C#CCCC(=O)O/N=C(/C)N.C#CCCc1nc(C)no1.C/C(N)=N/O. The minimum Gasteiger partial charge on any atom is -0.481 e. The molecule has 0 spiro atoms. The molecule has 0 saturated carbocycles. The molecule has 0 bridgehead atoms. The van der Waals surface area contributed by atoms with Crippen molar-refractivity contribution in [3.63, 3.8) is 0 Å². The molecule has 1 heterocycles. The molecule has 0 atom stereocenters. The molecule has 1 rings (SSSR count). The van der Waals surface area contributed by atoms with Crippen molar-refractivity contribution >= 4 is 23.6 Å². The first-order valence-electron chi connectivity index (χ1n) is 9.29. The van der Waals surface area contributed by atoms with Gasteiger partial charge in [-0.05, 0) is 20.8 Å². The van der Waals surface area contributed by atoms with E-state index in [9.17, 15) is 9.59 Å². The van der Waals surface area contributed by atoms with Gasteiger partial charge in [0.1, 0.15) is 11.7 Å². The molecule has 0 saturated heterocycles. The fourth-order valence-corrected chi connectivity index (χ4v) is 1.14. The van der Waals surface area contributed by atoms with Crippen LogP contribution in [0.25, 0.3) is 0 Å². The van der Waals surface area contributed by atoms with Gasteiger partial charge in [-0.15, -0.1) is 37.0 Å².